The fourth-order valence-electron chi connectivity index (χ4n) is 1.66. The van der Waals surface area contributed by atoms with Crippen LogP contribution in [0.4, 0.5) is 0 Å². The number of aromatic nitrogens is 2. The van der Waals surface area contributed by atoms with E-state index >= 15 is 0 Å². The number of thiophene rings is 1. The van der Waals surface area contributed by atoms with Crippen LogP contribution in [0.1, 0.15) is 11.5 Å². The van der Waals surface area contributed by atoms with Gasteiger partial charge in [-0.25, -0.2) is 0 Å². The van der Waals surface area contributed by atoms with Crippen LogP contribution in [-0.4, -0.2) is 15.2 Å². The van der Waals surface area contributed by atoms with Crippen LogP contribution in [-0.2, 0) is 12.4 Å². The van der Waals surface area contributed by atoms with Crippen LogP contribution in [0.15, 0.2) is 50.5 Å². The smallest absolute Gasteiger partial charge is 0.237 e. The van der Waals surface area contributed by atoms with Crippen LogP contribution >= 0.6 is 23.1 Å². The third kappa shape index (κ3) is 3.09. The van der Waals surface area contributed by atoms with Gasteiger partial charge in [-0.2, -0.15) is 16.3 Å². The van der Waals surface area contributed by atoms with Crippen molar-refractivity contribution in [3.63, 3.8) is 0 Å². The van der Waals surface area contributed by atoms with Crippen LogP contribution in [0.3, 0.4) is 0 Å². The van der Waals surface area contributed by atoms with Gasteiger partial charge in [0.1, 0.15) is 0 Å². The van der Waals surface area contributed by atoms with Crippen LogP contribution in [0.2, 0.25) is 0 Å². The second-order valence-corrected chi connectivity index (χ2v) is 5.94. The molecule has 3 aromatic rings. The SMILES string of the molecule is OCc1ccc(SCc2nc(-c3ccsc3)no2)cc1. The summed E-state index contributed by atoms with van der Waals surface area (Å²) in [4.78, 5) is 5.48. The van der Waals surface area contributed by atoms with Gasteiger partial charge in [0.2, 0.25) is 11.7 Å². The lowest BCUT2D eigenvalue weighted by Gasteiger charge is -1.99. The van der Waals surface area contributed by atoms with Crippen molar-refractivity contribution in [2.24, 2.45) is 0 Å². The first kappa shape index (κ1) is 13.4. The number of benzene rings is 1. The Morgan fingerprint density at radius 3 is 2.75 bits per heavy atom. The number of rotatable bonds is 5. The molecular weight excluding hydrogens is 292 g/mol. The molecule has 0 saturated carbocycles. The fraction of sp³-hybridized carbons (Fsp3) is 0.143. The molecule has 0 fully saturated rings. The van der Waals surface area contributed by atoms with Crippen LogP contribution in [0, 0.1) is 0 Å². The highest BCUT2D eigenvalue weighted by molar-refractivity contribution is 7.98. The lowest BCUT2D eigenvalue weighted by Crippen LogP contribution is -1.83. The zero-order valence-electron chi connectivity index (χ0n) is 10.5. The molecule has 0 atom stereocenters. The molecule has 0 aliphatic heterocycles. The summed E-state index contributed by atoms with van der Waals surface area (Å²) in [6.45, 7) is 0.0681. The number of nitrogens with zero attached hydrogens (tertiary/aromatic N) is 2. The number of aliphatic hydroxyl groups is 1. The molecule has 1 aromatic carbocycles. The zero-order chi connectivity index (χ0) is 13.8. The summed E-state index contributed by atoms with van der Waals surface area (Å²) in [5.74, 6) is 1.88. The predicted octanol–water partition coefficient (Wildman–Crippen LogP) is 3.58. The maximum atomic E-state index is 8.99. The summed E-state index contributed by atoms with van der Waals surface area (Å²) in [6, 6.07) is 9.75. The van der Waals surface area contributed by atoms with Gasteiger partial charge in [0, 0.05) is 15.8 Å². The Kier molecular flexibility index (Phi) is 4.15. The van der Waals surface area contributed by atoms with Crippen molar-refractivity contribution in [1.29, 1.82) is 0 Å². The highest BCUT2D eigenvalue weighted by Crippen LogP contribution is 2.24. The number of thioether (sulfide) groups is 1. The molecule has 102 valence electrons. The molecule has 2 aromatic heterocycles. The number of hydrogen-bond donors (Lipinski definition) is 1. The maximum Gasteiger partial charge on any atom is 0.237 e. The molecule has 20 heavy (non-hydrogen) atoms. The molecule has 0 aliphatic rings. The molecule has 0 unspecified atom stereocenters. The quantitative estimate of drug-likeness (QED) is 0.730. The highest BCUT2D eigenvalue weighted by atomic mass is 32.2. The van der Waals surface area contributed by atoms with Crippen molar-refractivity contribution >= 4 is 23.1 Å². The monoisotopic (exact) mass is 304 g/mol. The molecule has 2 heterocycles. The van der Waals surface area contributed by atoms with E-state index in [9.17, 15) is 0 Å². The van der Waals surface area contributed by atoms with E-state index in [0.717, 1.165) is 16.0 Å². The Labute approximate surface area is 124 Å². The zero-order valence-corrected chi connectivity index (χ0v) is 12.2. The van der Waals surface area contributed by atoms with E-state index in [4.69, 9.17) is 9.63 Å². The standard InChI is InChI=1S/C14H12N2O2S2/c17-7-10-1-3-12(4-2-10)20-9-13-15-14(16-18-13)11-5-6-19-8-11/h1-6,8,17H,7,9H2. The average Bonchev–Trinajstić information content (AvgIpc) is 3.16. The van der Waals surface area contributed by atoms with Crippen LogP contribution < -0.4 is 0 Å². The van der Waals surface area contributed by atoms with E-state index in [1.807, 2.05) is 41.1 Å². The minimum absolute atomic E-state index is 0.0681. The summed E-state index contributed by atoms with van der Waals surface area (Å²) < 4.78 is 5.24. The summed E-state index contributed by atoms with van der Waals surface area (Å²) in [6.07, 6.45) is 0. The predicted molar refractivity (Wildman–Crippen MR) is 79.5 cm³/mol. The third-order valence-corrected chi connectivity index (χ3v) is 4.40. The van der Waals surface area contributed by atoms with E-state index in [1.54, 1.807) is 23.1 Å². The third-order valence-electron chi connectivity index (χ3n) is 2.72. The normalized spacial score (nSPS) is 10.8. The Balaban J connectivity index is 1.63. The lowest BCUT2D eigenvalue weighted by atomic mass is 10.2. The van der Waals surface area contributed by atoms with Gasteiger partial charge in [-0.1, -0.05) is 17.3 Å². The topological polar surface area (TPSA) is 59.2 Å². The van der Waals surface area contributed by atoms with Gasteiger partial charge in [0.15, 0.2) is 0 Å². The molecule has 0 radical (unpaired) electrons. The first-order valence-electron chi connectivity index (χ1n) is 6.03. The molecule has 3 rings (SSSR count). The summed E-state index contributed by atoms with van der Waals surface area (Å²) >= 11 is 3.24. The van der Waals surface area contributed by atoms with Crippen molar-refractivity contribution in [3.05, 3.63) is 52.5 Å². The minimum atomic E-state index is 0.0681. The molecular formula is C14H12N2O2S2. The summed E-state index contributed by atoms with van der Waals surface area (Å²) in [5.41, 5.74) is 1.90. The molecule has 1 N–H and O–H groups in total. The minimum Gasteiger partial charge on any atom is -0.392 e. The molecule has 0 amide bonds. The molecule has 0 saturated heterocycles. The van der Waals surface area contributed by atoms with Crippen molar-refractivity contribution in [1.82, 2.24) is 10.1 Å². The largest absolute Gasteiger partial charge is 0.392 e. The number of hydrogen-bond acceptors (Lipinski definition) is 6. The Morgan fingerprint density at radius 1 is 1.20 bits per heavy atom. The van der Waals surface area contributed by atoms with Gasteiger partial charge < -0.3 is 9.63 Å². The van der Waals surface area contributed by atoms with E-state index in [1.165, 1.54) is 0 Å². The van der Waals surface area contributed by atoms with Gasteiger partial charge >= 0.3 is 0 Å². The lowest BCUT2D eigenvalue weighted by molar-refractivity contribution is 0.282. The highest BCUT2D eigenvalue weighted by Gasteiger charge is 2.09. The maximum absolute atomic E-state index is 8.99. The number of aliphatic hydroxyl groups excluding tert-OH is 1. The summed E-state index contributed by atoms with van der Waals surface area (Å²) in [7, 11) is 0. The Hall–Kier alpha value is -1.63. The Morgan fingerprint density at radius 2 is 2.05 bits per heavy atom. The van der Waals surface area contributed by atoms with E-state index < -0.39 is 0 Å². The average molecular weight is 304 g/mol. The first-order chi connectivity index (χ1) is 9.85. The first-order valence-corrected chi connectivity index (χ1v) is 7.96. The summed E-state index contributed by atoms with van der Waals surface area (Å²) in [5, 5.41) is 16.9. The van der Waals surface area contributed by atoms with Gasteiger partial charge in [-0.15, -0.1) is 11.8 Å². The van der Waals surface area contributed by atoms with Crippen molar-refractivity contribution in [2.75, 3.05) is 0 Å². The van der Waals surface area contributed by atoms with Gasteiger partial charge in [0.05, 0.1) is 12.4 Å². The molecule has 0 bridgehead atoms. The van der Waals surface area contributed by atoms with Gasteiger partial charge in [0.25, 0.3) is 0 Å². The van der Waals surface area contributed by atoms with Crippen LogP contribution in [0.25, 0.3) is 11.4 Å². The van der Waals surface area contributed by atoms with E-state index in [-0.39, 0.29) is 6.61 Å². The van der Waals surface area contributed by atoms with E-state index in [0.29, 0.717) is 17.5 Å². The van der Waals surface area contributed by atoms with Crippen LogP contribution in [0.5, 0.6) is 0 Å². The van der Waals surface area contributed by atoms with Crippen molar-refractivity contribution in [3.8, 4) is 11.4 Å². The van der Waals surface area contributed by atoms with E-state index in [2.05, 4.69) is 10.1 Å². The fourth-order valence-corrected chi connectivity index (χ4v) is 3.03. The Bertz CT molecular complexity index is 663. The second-order valence-electron chi connectivity index (χ2n) is 4.11. The molecule has 4 nitrogen and oxygen atoms in total. The molecule has 0 aliphatic carbocycles. The van der Waals surface area contributed by atoms with Crippen molar-refractivity contribution in [2.45, 2.75) is 17.3 Å². The molecule has 6 heteroatoms. The van der Waals surface area contributed by atoms with Crippen molar-refractivity contribution < 1.29 is 9.63 Å². The van der Waals surface area contributed by atoms with Gasteiger partial charge in [-0.3, -0.25) is 0 Å². The molecule has 0 spiro atoms. The van der Waals surface area contributed by atoms with Gasteiger partial charge in [-0.05, 0) is 29.1 Å². The second kappa shape index (κ2) is 6.21.